The van der Waals surface area contributed by atoms with Crippen molar-refractivity contribution >= 4 is 11.5 Å². The van der Waals surface area contributed by atoms with Crippen molar-refractivity contribution in [2.75, 3.05) is 11.9 Å². The van der Waals surface area contributed by atoms with Crippen LogP contribution in [0.4, 0.5) is 11.5 Å². The van der Waals surface area contributed by atoms with Crippen LogP contribution < -0.4 is 10.6 Å². The lowest BCUT2D eigenvalue weighted by molar-refractivity contribution is -0.384. The van der Waals surface area contributed by atoms with Crippen LogP contribution in [-0.4, -0.2) is 33.3 Å². The van der Waals surface area contributed by atoms with Gasteiger partial charge >= 0.3 is 5.69 Å². The molecule has 0 bridgehead atoms. The maximum absolute atomic E-state index is 11.2. The molecule has 1 fully saturated rings. The molecule has 7 nitrogen and oxygen atoms in total. The second-order valence-corrected chi connectivity index (χ2v) is 5.08. The molecule has 0 spiro atoms. The van der Waals surface area contributed by atoms with E-state index in [1.54, 1.807) is 11.6 Å². The van der Waals surface area contributed by atoms with Gasteiger partial charge in [-0.15, -0.1) is 0 Å². The fourth-order valence-electron chi connectivity index (χ4n) is 2.62. The van der Waals surface area contributed by atoms with Crippen molar-refractivity contribution in [1.29, 1.82) is 0 Å². The van der Waals surface area contributed by atoms with Gasteiger partial charge in [0.2, 0.25) is 5.82 Å². The second-order valence-electron chi connectivity index (χ2n) is 5.08. The van der Waals surface area contributed by atoms with Gasteiger partial charge in [0.25, 0.3) is 0 Å². The second kappa shape index (κ2) is 5.56. The van der Waals surface area contributed by atoms with Gasteiger partial charge in [-0.1, -0.05) is 0 Å². The molecular weight excluding hydrogens is 246 g/mol. The molecule has 1 aliphatic rings. The SMILES string of the molecule is CCn1nc(C)c([N+](=O)[O-])c1NC1CCNC(C)C1. The zero-order chi connectivity index (χ0) is 14.0. The van der Waals surface area contributed by atoms with Crippen molar-refractivity contribution in [3.63, 3.8) is 0 Å². The van der Waals surface area contributed by atoms with Crippen molar-refractivity contribution in [1.82, 2.24) is 15.1 Å². The number of aryl methyl sites for hydroxylation is 2. The zero-order valence-electron chi connectivity index (χ0n) is 11.6. The zero-order valence-corrected chi connectivity index (χ0v) is 11.6. The lowest BCUT2D eigenvalue weighted by atomic mass is 10.0. The van der Waals surface area contributed by atoms with E-state index in [4.69, 9.17) is 0 Å². The number of nitrogens with zero attached hydrogens (tertiary/aromatic N) is 3. The van der Waals surface area contributed by atoms with Crippen molar-refractivity contribution in [2.45, 2.75) is 52.2 Å². The number of hydrogen-bond acceptors (Lipinski definition) is 5. The third kappa shape index (κ3) is 2.86. The summed E-state index contributed by atoms with van der Waals surface area (Å²) < 4.78 is 1.68. The molecule has 1 saturated heterocycles. The van der Waals surface area contributed by atoms with Gasteiger partial charge in [0, 0.05) is 18.6 Å². The van der Waals surface area contributed by atoms with Crippen LogP contribution in [0.1, 0.15) is 32.4 Å². The number of piperidine rings is 1. The standard InChI is InChI=1S/C12H21N5O2/c1-4-16-12(11(17(18)19)9(3)15-16)14-10-5-6-13-8(2)7-10/h8,10,13-14H,4-7H2,1-3H3. The van der Waals surface area contributed by atoms with Crippen LogP contribution in [0.2, 0.25) is 0 Å². The Bertz CT molecular complexity index is 471. The summed E-state index contributed by atoms with van der Waals surface area (Å²) in [6.07, 6.45) is 1.93. The summed E-state index contributed by atoms with van der Waals surface area (Å²) in [6.45, 7) is 7.31. The molecule has 0 aromatic carbocycles. The molecule has 1 aromatic heterocycles. The molecule has 0 radical (unpaired) electrons. The molecule has 7 heteroatoms. The first kappa shape index (κ1) is 13.8. The van der Waals surface area contributed by atoms with Gasteiger partial charge in [-0.25, -0.2) is 4.68 Å². The van der Waals surface area contributed by atoms with Gasteiger partial charge in [0.15, 0.2) is 0 Å². The molecule has 2 rings (SSSR count). The quantitative estimate of drug-likeness (QED) is 0.640. The molecule has 0 amide bonds. The highest BCUT2D eigenvalue weighted by atomic mass is 16.6. The van der Waals surface area contributed by atoms with Crippen LogP contribution >= 0.6 is 0 Å². The van der Waals surface area contributed by atoms with E-state index in [0.29, 0.717) is 24.1 Å². The Balaban J connectivity index is 2.25. The molecular formula is C12H21N5O2. The predicted octanol–water partition coefficient (Wildman–Crippen LogP) is 1.67. The molecule has 19 heavy (non-hydrogen) atoms. The van der Waals surface area contributed by atoms with Gasteiger partial charge in [-0.2, -0.15) is 5.10 Å². The predicted molar refractivity (Wildman–Crippen MR) is 73.4 cm³/mol. The fourth-order valence-corrected chi connectivity index (χ4v) is 2.62. The fraction of sp³-hybridized carbons (Fsp3) is 0.750. The summed E-state index contributed by atoms with van der Waals surface area (Å²) in [5.41, 5.74) is 0.573. The molecule has 1 aromatic rings. The first-order chi connectivity index (χ1) is 9.02. The van der Waals surface area contributed by atoms with Crippen molar-refractivity contribution in [2.24, 2.45) is 0 Å². The highest BCUT2D eigenvalue weighted by Crippen LogP contribution is 2.29. The topological polar surface area (TPSA) is 85.0 Å². The number of nitrogens with one attached hydrogen (secondary N) is 2. The maximum atomic E-state index is 11.2. The first-order valence-electron chi connectivity index (χ1n) is 6.74. The van der Waals surface area contributed by atoms with Crippen LogP contribution in [0.15, 0.2) is 0 Å². The average Bonchev–Trinajstić information content (AvgIpc) is 2.65. The summed E-state index contributed by atoms with van der Waals surface area (Å²) in [4.78, 5) is 10.8. The van der Waals surface area contributed by atoms with Crippen LogP contribution in [0.3, 0.4) is 0 Å². The summed E-state index contributed by atoms with van der Waals surface area (Å²) in [5.74, 6) is 0.545. The van der Waals surface area contributed by atoms with Gasteiger partial charge < -0.3 is 10.6 Å². The molecule has 0 aliphatic carbocycles. The number of rotatable bonds is 4. The Morgan fingerprint density at radius 2 is 2.37 bits per heavy atom. The minimum absolute atomic E-state index is 0.105. The van der Waals surface area contributed by atoms with Gasteiger partial charge in [-0.3, -0.25) is 10.1 Å². The Hall–Kier alpha value is -1.63. The summed E-state index contributed by atoms with van der Waals surface area (Å²) in [7, 11) is 0. The maximum Gasteiger partial charge on any atom is 0.333 e. The molecule has 2 N–H and O–H groups in total. The van der Waals surface area contributed by atoms with E-state index in [1.807, 2.05) is 6.92 Å². The van der Waals surface area contributed by atoms with Gasteiger partial charge in [0.05, 0.1) is 4.92 Å². The van der Waals surface area contributed by atoms with Crippen LogP contribution in [0.25, 0.3) is 0 Å². The third-order valence-corrected chi connectivity index (χ3v) is 3.54. The van der Waals surface area contributed by atoms with Crippen LogP contribution in [-0.2, 0) is 6.54 Å². The Kier molecular flexibility index (Phi) is 4.04. The monoisotopic (exact) mass is 267 g/mol. The van der Waals surface area contributed by atoms with E-state index in [2.05, 4.69) is 22.7 Å². The van der Waals surface area contributed by atoms with Gasteiger partial charge in [-0.05, 0) is 40.2 Å². The normalized spacial score (nSPS) is 23.3. The number of nitro groups is 1. The van der Waals surface area contributed by atoms with Gasteiger partial charge in [0.1, 0.15) is 5.69 Å². The Morgan fingerprint density at radius 1 is 1.63 bits per heavy atom. The molecule has 2 atom stereocenters. The third-order valence-electron chi connectivity index (χ3n) is 3.54. The Morgan fingerprint density at radius 3 is 2.95 bits per heavy atom. The van der Waals surface area contributed by atoms with E-state index in [9.17, 15) is 10.1 Å². The minimum Gasteiger partial charge on any atom is -0.362 e. The highest BCUT2D eigenvalue weighted by molar-refractivity contribution is 5.60. The number of hydrogen-bond donors (Lipinski definition) is 2. The lowest BCUT2D eigenvalue weighted by Crippen LogP contribution is -2.41. The lowest BCUT2D eigenvalue weighted by Gasteiger charge is -2.29. The van der Waals surface area contributed by atoms with Crippen molar-refractivity contribution in [3.05, 3.63) is 15.8 Å². The van der Waals surface area contributed by atoms with Crippen molar-refractivity contribution in [3.8, 4) is 0 Å². The highest BCUT2D eigenvalue weighted by Gasteiger charge is 2.28. The summed E-state index contributed by atoms with van der Waals surface area (Å²) in [6, 6.07) is 0.695. The van der Waals surface area contributed by atoms with Crippen LogP contribution in [0.5, 0.6) is 0 Å². The number of anilines is 1. The van der Waals surface area contributed by atoms with E-state index < -0.39 is 0 Å². The Labute approximate surface area is 112 Å². The smallest absolute Gasteiger partial charge is 0.333 e. The molecule has 106 valence electrons. The molecule has 0 saturated carbocycles. The number of aromatic nitrogens is 2. The van der Waals surface area contributed by atoms with Crippen LogP contribution in [0, 0.1) is 17.0 Å². The van der Waals surface area contributed by atoms with E-state index >= 15 is 0 Å². The van der Waals surface area contributed by atoms with E-state index in [-0.39, 0.29) is 16.7 Å². The van der Waals surface area contributed by atoms with Crippen molar-refractivity contribution < 1.29 is 4.92 Å². The largest absolute Gasteiger partial charge is 0.362 e. The summed E-state index contributed by atoms with van der Waals surface area (Å²) in [5, 5.41) is 22.1. The molecule has 2 heterocycles. The minimum atomic E-state index is -0.346. The first-order valence-corrected chi connectivity index (χ1v) is 6.74. The average molecular weight is 267 g/mol. The molecule has 1 aliphatic heterocycles. The summed E-state index contributed by atoms with van der Waals surface area (Å²) >= 11 is 0. The van der Waals surface area contributed by atoms with E-state index in [0.717, 1.165) is 19.4 Å². The molecule has 2 unspecified atom stereocenters. The van der Waals surface area contributed by atoms with E-state index in [1.165, 1.54) is 0 Å².